The van der Waals surface area contributed by atoms with Crippen molar-refractivity contribution >= 4 is 27.9 Å². The zero-order valence-corrected chi connectivity index (χ0v) is 10.6. The van der Waals surface area contributed by atoms with E-state index in [2.05, 4.69) is 21.2 Å². The average molecular weight is 299 g/mol. The third-order valence-corrected chi connectivity index (χ3v) is 2.79. The van der Waals surface area contributed by atoms with Gasteiger partial charge in [-0.05, 0) is 18.2 Å². The van der Waals surface area contributed by atoms with Crippen LogP contribution in [0.15, 0.2) is 28.7 Å². The third kappa shape index (κ3) is 3.20. The number of hydrogen-bond acceptors (Lipinski definition) is 3. The van der Waals surface area contributed by atoms with Crippen LogP contribution < -0.4 is 10.1 Å². The van der Waals surface area contributed by atoms with Gasteiger partial charge in [-0.1, -0.05) is 22.0 Å². The molecular weight excluding hydrogens is 288 g/mol. The van der Waals surface area contributed by atoms with Gasteiger partial charge >= 0.3 is 6.03 Å². The predicted octanol–water partition coefficient (Wildman–Crippen LogP) is 1.38. The van der Waals surface area contributed by atoms with Gasteiger partial charge in [0.2, 0.25) is 5.91 Å². The Bertz CT molecular complexity index is 450. The van der Waals surface area contributed by atoms with Gasteiger partial charge in [0, 0.05) is 4.47 Å². The lowest BCUT2D eigenvalue weighted by Gasteiger charge is -2.13. The Hall–Kier alpha value is -1.56. The maximum absolute atomic E-state index is 11.2. The molecule has 6 heteroatoms. The molecule has 1 aromatic carbocycles. The monoisotopic (exact) mass is 298 g/mol. The Balaban J connectivity index is 1.80. The maximum atomic E-state index is 11.2. The van der Waals surface area contributed by atoms with E-state index in [1.54, 1.807) is 0 Å². The molecule has 1 heterocycles. The zero-order valence-electron chi connectivity index (χ0n) is 8.98. The topological polar surface area (TPSA) is 58.6 Å². The van der Waals surface area contributed by atoms with Gasteiger partial charge in [0.15, 0.2) is 0 Å². The van der Waals surface area contributed by atoms with Crippen molar-refractivity contribution in [1.82, 2.24) is 10.2 Å². The fourth-order valence-electron chi connectivity index (χ4n) is 1.49. The van der Waals surface area contributed by atoms with E-state index in [0.717, 1.165) is 10.2 Å². The first-order chi connectivity index (χ1) is 8.15. The molecule has 1 fully saturated rings. The number of ether oxygens (including phenoxy) is 1. The van der Waals surface area contributed by atoms with Crippen molar-refractivity contribution in [3.05, 3.63) is 28.7 Å². The van der Waals surface area contributed by atoms with E-state index in [0.29, 0.717) is 13.2 Å². The SMILES string of the molecule is O=C1CN(CCOc2cccc(Br)c2)C(=O)N1. The largest absolute Gasteiger partial charge is 0.492 e. The first-order valence-corrected chi connectivity index (χ1v) is 5.91. The van der Waals surface area contributed by atoms with Crippen LogP contribution in [0.25, 0.3) is 0 Å². The predicted molar refractivity (Wildman–Crippen MR) is 64.7 cm³/mol. The summed E-state index contributed by atoms with van der Waals surface area (Å²) < 4.78 is 6.40. The lowest BCUT2D eigenvalue weighted by molar-refractivity contribution is -0.118. The van der Waals surface area contributed by atoms with E-state index in [1.807, 2.05) is 24.3 Å². The molecule has 2 rings (SSSR count). The first-order valence-electron chi connectivity index (χ1n) is 5.12. The highest BCUT2D eigenvalue weighted by Gasteiger charge is 2.25. The van der Waals surface area contributed by atoms with Gasteiger partial charge in [-0.15, -0.1) is 0 Å². The van der Waals surface area contributed by atoms with E-state index >= 15 is 0 Å². The van der Waals surface area contributed by atoms with Crippen LogP contribution in [0, 0.1) is 0 Å². The molecule has 0 atom stereocenters. The highest BCUT2D eigenvalue weighted by molar-refractivity contribution is 9.10. The summed E-state index contributed by atoms with van der Waals surface area (Å²) in [5.41, 5.74) is 0. The Labute approximate surface area is 107 Å². The van der Waals surface area contributed by atoms with Crippen molar-refractivity contribution < 1.29 is 14.3 Å². The summed E-state index contributed by atoms with van der Waals surface area (Å²) in [6, 6.07) is 7.09. The minimum absolute atomic E-state index is 0.112. The molecule has 1 aliphatic rings. The molecule has 0 aliphatic carbocycles. The summed E-state index contributed by atoms with van der Waals surface area (Å²) in [5, 5.41) is 2.21. The fraction of sp³-hybridized carbons (Fsp3) is 0.273. The van der Waals surface area contributed by atoms with E-state index < -0.39 is 0 Å². The number of rotatable bonds is 4. The first kappa shape index (κ1) is 11.9. The van der Waals surface area contributed by atoms with Crippen LogP contribution in [-0.4, -0.2) is 36.5 Å². The van der Waals surface area contributed by atoms with Gasteiger partial charge < -0.3 is 9.64 Å². The van der Waals surface area contributed by atoms with Crippen LogP contribution in [0.3, 0.4) is 0 Å². The number of amides is 3. The van der Waals surface area contributed by atoms with Crippen molar-refractivity contribution in [1.29, 1.82) is 0 Å². The van der Waals surface area contributed by atoms with E-state index in [4.69, 9.17) is 4.74 Å². The number of hydrogen-bond donors (Lipinski definition) is 1. The molecule has 1 aliphatic heterocycles. The van der Waals surface area contributed by atoms with Crippen LogP contribution in [-0.2, 0) is 4.79 Å². The number of imide groups is 1. The number of benzene rings is 1. The number of nitrogens with zero attached hydrogens (tertiary/aromatic N) is 1. The number of urea groups is 1. The standard InChI is InChI=1S/C11H11BrN2O3/c12-8-2-1-3-9(6-8)17-5-4-14-7-10(15)13-11(14)16/h1-3,6H,4-5,7H2,(H,13,15,16). The molecule has 0 saturated carbocycles. The van der Waals surface area contributed by atoms with Gasteiger partial charge in [-0.25, -0.2) is 4.79 Å². The molecule has 1 N–H and O–H groups in total. The average Bonchev–Trinajstić information content (AvgIpc) is 2.58. The second kappa shape index (κ2) is 5.18. The van der Waals surface area contributed by atoms with Crippen molar-refractivity contribution in [3.8, 4) is 5.75 Å². The fourth-order valence-corrected chi connectivity index (χ4v) is 1.87. The van der Waals surface area contributed by atoms with Crippen LogP contribution in [0.4, 0.5) is 4.79 Å². The van der Waals surface area contributed by atoms with Crippen molar-refractivity contribution in [2.75, 3.05) is 19.7 Å². The minimum atomic E-state index is -0.354. The lowest BCUT2D eigenvalue weighted by Crippen LogP contribution is -2.31. The van der Waals surface area contributed by atoms with E-state index in [1.165, 1.54) is 4.90 Å². The third-order valence-electron chi connectivity index (χ3n) is 2.29. The summed E-state index contributed by atoms with van der Waals surface area (Å²) in [5.74, 6) is 0.461. The van der Waals surface area contributed by atoms with E-state index in [-0.39, 0.29) is 18.5 Å². The van der Waals surface area contributed by atoms with Crippen molar-refractivity contribution in [2.45, 2.75) is 0 Å². The molecule has 0 bridgehead atoms. The minimum Gasteiger partial charge on any atom is -0.492 e. The lowest BCUT2D eigenvalue weighted by atomic mass is 10.3. The van der Waals surface area contributed by atoms with Crippen LogP contribution in [0.2, 0.25) is 0 Å². The van der Waals surface area contributed by atoms with Crippen LogP contribution in [0.5, 0.6) is 5.75 Å². The van der Waals surface area contributed by atoms with Gasteiger partial charge in [0.25, 0.3) is 0 Å². The highest BCUT2D eigenvalue weighted by Crippen LogP contribution is 2.17. The van der Waals surface area contributed by atoms with Crippen LogP contribution >= 0.6 is 15.9 Å². The summed E-state index contributed by atoms with van der Waals surface area (Å²) in [6.07, 6.45) is 0. The normalized spacial score (nSPS) is 15.0. The van der Waals surface area contributed by atoms with Gasteiger partial charge in [-0.2, -0.15) is 0 Å². The summed E-state index contributed by atoms with van der Waals surface area (Å²) in [4.78, 5) is 23.6. The Morgan fingerprint density at radius 3 is 2.88 bits per heavy atom. The summed E-state index contributed by atoms with van der Waals surface area (Å²) >= 11 is 3.34. The molecule has 0 spiro atoms. The smallest absolute Gasteiger partial charge is 0.324 e. The molecule has 3 amide bonds. The molecule has 1 saturated heterocycles. The molecule has 0 radical (unpaired) electrons. The number of carbonyl (C=O) groups excluding carboxylic acids is 2. The molecular formula is C11H11BrN2O3. The molecule has 90 valence electrons. The van der Waals surface area contributed by atoms with E-state index in [9.17, 15) is 9.59 Å². The zero-order chi connectivity index (χ0) is 12.3. The second-order valence-corrected chi connectivity index (χ2v) is 4.50. The quantitative estimate of drug-likeness (QED) is 0.855. The molecule has 1 aromatic rings. The van der Waals surface area contributed by atoms with Gasteiger partial charge in [0.1, 0.15) is 18.9 Å². The van der Waals surface area contributed by atoms with Crippen LogP contribution in [0.1, 0.15) is 0 Å². The number of nitrogens with one attached hydrogen (secondary N) is 1. The second-order valence-electron chi connectivity index (χ2n) is 3.58. The molecule has 17 heavy (non-hydrogen) atoms. The molecule has 0 unspecified atom stereocenters. The summed E-state index contributed by atoms with van der Waals surface area (Å²) in [7, 11) is 0. The van der Waals surface area contributed by atoms with Gasteiger partial charge in [-0.3, -0.25) is 10.1 Å². The highest BCUT2D eigenvalue weighted by atomic mass is 79.9. The molecule has 0 aromatic heterocycles. The van der Waals surface area contributed by atoms with Crippen molar-refractivity contribution in [2.24, 2.45) is 0 Å². The Morgan fingerprint density at radius 2 is 2.24 bits per heavy atom. The Kier molecular flexibility index (Phi) is 3.63. The van der Waals surface area contributed by atoms with Gasteiger partial charge in [0.05, 0.1) is 6.54 Å². The summed E-state index contributed by atoms with van der Waals surface area (Å²) in [6.45, 7) is 0.863. The molecule has 5 nitrogen and oxygen atoms in total. The maximum Gasteiger partial charge on any atom is 0.324 e. The van der Waals surface area contributed by atoms with Crippen molar-refractivity contribution in [3.63, 3.8) is 0 Å². The Morgan fingerprint density at radius 1 is 1.41 bits per heavy atom. The number of carbonyl (C=O) groups is 2. The number of halogens is 1.